The number of carbonyl (C=O) groups excluding carboxylic acids is 2. The van der Waals surface area contributed by atoms with Gasteiger partial charge in [0.05, 0.1) is 26.8 Å². The third kappa shape index (κ3) is 9.67. The van der Waals surface area contributed by atoms with Gasteiger partial charge in [-0.3, -0.25) is 19.4 Å². The molecule has 1 atom stereocenters. The molecule has 2 aliphatic rings. The van der Waals surface area contributed by atoms with E-state index in [1.54, 1.807) is 0 Å². The molecule has 2 aromatic carbocycles. The third-order valence-electron chi connectivity index (χ3n) is 8.21. The van der Waals surface area contributed by atoms with Crippen molar-refractivity contribution in [3.63, 3.8) is 0 Å². The quantitative estimate of drug-likeness (QED) is 0.263. The van der Waals surface area contributed by atoms with Crippen LogP contribution < -0.4 is 9.47 Å². The average Bonchev–Trinajstić information content (AvgIpc) is 2.94. The fraction of sp³-hybridized carbons (Fsp3) is 0.611. The van der Waals surface area contributed by atoms with Crippen LogP contribution in [0.1, 0.15) is 90.5 Å². The standard InChI is InChI=1S/C36H52N2O7/c1-10-29(38(23-30(39)41-9)20-27-15-12-16-28-24-42-36(7,8)45-33(27)28)21-37(22-31(40)43-34(2,3)4)19-26-14-11-13-25-17-18-35(5,6)44-32(25)26/h11-16,29H,10,17-24H2,1-9H3. The fourth-order valence-corrected chi connectivity index (χ4v) is 5.93. The van der Waals surface area contributed by atoms with Crippen molar-refractivity contribution in [2.24, 2.45) is 0 Å². The lowest BCUT2D eigenvalue weighted by atomic mass is 9.92. The van der Waals surface area contributed by atoms with Crippen LogP contribution in [0.4, 0.5) is 0 Å². The van der Waals surface area contributed by atoms with Crippen molar-refractivity contribution in [3.8, 4) is 11.5 Å². The Bertz CT molecular complexity index is 1350. The second kappa shape index (κ2) is 14.1. The van der Waals surface area contributed by atoms with Crippen molar-refractivity contribution in [2.45, 2.75) is 117 Å². The summed E-state index contributed by atoms with van der Waals surface area (Å²) in [6, 6.07) is 12.2. The molecular weight excluding hydrogens is 572 g/mol. The number of hydrogen-bond donors (Lipinski definition) is 0. The Balaban J connectivity index is 1.65. The second-order valence-corrected chi connectivity index (χ2v) is 14.3. The maximum absolute atomic E-state index is 13.2. The summed E-state index contributed by atoms with van der Waals surface area (Å²) in [5.41, 5.74) is 3.29. The molecule has 1 unspecified atom stereocenters. The van der Waals surface area contributed by atoms with Crippen molar-refractivity contribution >= 4 is 11.9 Å². The SMILES string of the molecule is CCC(CN(CC(=O)OC(C)(C)C)Cc1cccc2c1OC(C)(C)CC2)N(CC(=O)OC)Cc1cccc2c1OC(C)(C)OC2. The van der Waals surface area contributed by atoms with E-state index in [1.807, 2.05) is 52.8 Å². The zero-order chi connectivity index (χ0) is 33.0. The highest BCUT2D eigenvalue weighted by atomic mass is 16.7. The molecular formula is C36H52N2O7. The molecule has 4 rings (SSSR count). The smallest absolute Gasteiger partial charge is 0.320 e. The number of aryl methyl sites for hydroxylation is 1. The van der Waals surface area contributed by atoms with Gasteiger partial charge in [-0.2, -0.15) is 0 Å². The van der Waals surface area contributed by atoms with Crippen LogP contribution in [0.3, 0.4) is 0 Å². The summed E-state index contributed by atoms with van der Waals surface area (Å²) in [6.45, 7) is 17.9. The lowest BCUT2D eigenvalue weighted by Gasteiger charge is -2.38. The second-order valence-electron chi connectivity index (χ2n) is 14.3. The van der Waals surface area contributed by atoms with E-state index >= 15 is 0 Å². The van der Waals surface area contributed by atoms with Crippen LogP contribution in [0.2, 0.25) is 0 Å². The Labute approximate surface area is 269 Å². The molecule has 0 fully saturated rings. The summed E-state index contributed by atoms with van der Waals surface area (Å²) in [4.78, 5) is 30.2. The van der Waals surface area contributed by atoms with E-state index < -0.39 is 11.4 Å². The van der Waals surface area contributed by atoms with Crippen LogP contribution in [-0.4, -0.2) is 71.5 Å². The molecule has 248 valence electrons. The van der Waals surface area contributed by atoms with Crippen molar-refractivity contribution in [3.05, 3.63) is 58.7 Å². The molecule has 2 heterocycles. The number of para-hydroxylation sites is 2. The Morgan fingerprint density at radius 3 is 2.20 bits per heavy atom. The molecule has 45 heavy (non-hydrogen) atoms. The Kier molecular flexibility index (Phi) is 10.9. The van der Waals surface area contributed by atoms with Gasteiger partial charge in [-0.05, 0) is 59.4 Å². The Morgan fingerprint density at radius 2 is 1.56 bits per heavy atom. The lowest BCUT2D eigenvalue weighted by Crippen LogP contribution is -2.47. The fourth-order valence-electron chi connectivity index (χ4n) is 5.93. The minimum Gasteiger partial charge on any atom is -0.487 e. The molecule has 0 bridgehead atoms. The Hall–Kier alpha value is -3.14. The van der Waals surface area contributed by atoms with E-state index in [1.165, 1.54) is 12.7 Å². The van der Waals surface area contributed by atoms with Gasteiger partial charge in [0.1, 0.15) is 22.7 Å². The first-order valence-corrected chi connectivity index (χ1v) is 16.1. The van der Waals surface area contributed by atoms with E-state index in [4.69, 9.17) is 23.7 Å². The number of nitrogens with zero attached hydrogens (tertiary/aromatic N) is 2. The molecule has 9 nitrogen and oxygen atoms in total. The van der Waals surface area contributed by atoms with Gasteiger partial charge in [-0.25, -0.2) is 0 Å². The van der Waals surface area contributed by atoms with E-state index in [2.05, 4.69) is 48.8 Å². The Morgan fingerprint density at radius 1 is 0.911 bits per heavy atom. The zero-order valence-corrected chi connectivity index (χ0v) is 28.7. The molecule has 0 saturated carbocycles. The highest BCUT2D eigenvalue weighted by Crippen LogP contribution is 2.37. The normalized spacial score (nSPS) is 17.5. The minimum atomic E-state index is -0.754. The number of hydrogen-bond acceptors (Lipinski definition) is 9. The molecule has 0 spiro atoms. The molecule has 0 amide bonds. The maximum Gasteiger partial charge on any atom is 0.320 e. The molecule has 0 aromatic heterocycles. The summed E-state index contributed by atoms with van der Waals surface area (Å²) in [7, 11) is 1.41. The number of rotatable bonds is 12. The number of benzene rings is 2. The van der Waals surface area contributed by atoms with Crippen LogP contribution in [0, 0.1) is 0 Å². The molecule has 0 aliphatic carbocycles. The van der Waals surface area contributed by atoms with Crippen molar-refractivity contribution in [2.75, 3.05) is 26.7 Å². The molecule has 0 radical (unpaired) electrons. The predicted molar refractivity (Wildman–Crippen MR) is 173 cm³/mol. The first-order chi connectivity index (χ1) is 21.1. The summed E-state index contributed by atoms with van der Waals surface area (Å²) in [5, 5.41) is 0. The van der Waals surface area contributed by atoms with Gasteiger partial charge in [0.15, 0.2) is 0 Å². The van der Waals surface area contributed by atoms with Gasteiger partial charge >= 0.3 is 11.9 Å². The zero-order valence-electron chi connectivity index (χ0n) is 28.7. The average molecular weight is 625 g/mol. The summed E-state index contributed by atoms with van der Waals surface area (Å²) in [5.74, 6) is 0.320. The monoisotopic (exact) mass is 624 g/mol. The lowest BCUT2D eigenvalue weighted by molar-refractivity contribution is -0.180. The third-order valence-corrected chi connectivity index (χ3v) is 8.21. The number of esters is 2. The van der Waals surface area contributed by atoms with Gasteiger partial charge < -0.3 is 23.7 Å². The van der Waals surface area contributed by atoms with Crippen LogP contribution in [0.5, 0.6) is 11.5 Å². The first kappa shape index (κ1) is 34.7. The van der Waals surface area contributed by atoms with Gasteiger partial charge in [0, 0.05) is 56.2 Å². The van der Waals surface area contributed by atoms with Crippen LogP contribution >= 0.6 is 0 Å². The number of carbonyl (C=O) groups is 2. The van der Waals surface area contributed by atoms with Gasteiger partial charge in [-0.1, -0.05) is 43.3 Å². The molecule has 9 heteroatoms. The van der Waals surface area contributed by atoms with Crippen LogP contribution in [0.25, 0.3) is 0 Å². The van der Waals surface area contributed by atoms with E-state index in [0.29, 0.717) is 26.2 Å². The van der Waals surface area contributed by atoms with Gasteiger partial charge in [-0.15, -0.1) is 0 Å². The van der Waals surface area contributed by atoms with Crippen LogP contribution in [0.15, 0.2) is 36.4 Å². The number of methoxy groups -OCH3 is 1. The van der Waals surface area contributed by atoms with Crippen molar-refractivity contribution in [1.82, 2.24) is 9.80 Å². The largest absolute Gasteiger partial charge is 0.487 e. The van der Waals surface area contributed by atoms with E-state index in [9.17, 15) is 9.59 Å². The number of fused-ring (bicyclic) bond motifs is 2. The highest BCUT2D eigenvalue weighted by Gasteiger charge is 2.33. The molecule has 2 aliphatic heterocycles. The summed E-state index contributed by atoms with van der Waals surface area (Å²) in [6.07, 6.45) is 2.63. The maximum atomic E-state index is 13.2. The van der Waals surface area contributed by atoms with E-state index in [0.717, 1.165) is 47.5 Å². The van der Waals surface area contributed by atoms with Crippen LogP contribution in [-0.2, 0) is 49.9 Å². The summed E-state index contributed by atoms with van der Waals surface area (Å²) >= 11 is 0. The van der Waals surface area contributed by atoms with Crippen molar-refractivity contribution < 1.29 is 33.3 Å². The van der Waals surface area contributed by atoms with Gasteiger partial charge in [0.2, 0.25) is 5.79 Å². The van der Waals surface area contributed by atoms with Crippen molar-refractivity contribution in [1.29, 1.82) is 0 Å². The molecule has 0 N–H and O–H groups in total. The van der Waals surface area contributed by atoms with Gasteiger partial charge in [0.25, 0.3) is 0 Å². The molecule has 2 aromatic rings. The first-order valence-electron chi connectivity index (χ1n) is 16.1. The predicted octanol–water partition coefficient (Wildman–Crippen LogP) is 6.03. The number of ether oxygens (including phenoxy) is 5. The minimum absolute atomic E-state index is 0.0906. The molecule has 0 saturated heterocycles. The van der Waals surface area contributed by atoms with E-state index in [-0.39, 0.29) is 36.7 Å². The topological polar surface area (TPSA) is 86.8 Å². The highest BCUT2D eigenvalue weighted by molar-refractivity contribution is 5.72. The summed E-state index contributed by atoms with van der Waals surface area (Å²) < 4.78 is 29.5.